The van der Waals surface area contributed by atoms with E-state index in [1.54, 1.807) is 0 Å². The molecular formula is C14H20N2O3. The standard InChI is InChI=1S/C14H20N2O3/c1-2-6-15-13-11-5-4-10(19-8-3-7-17)9-12(11)16-14(13)18/h4-5,9,13,15,17H,2-3,6-8H2,1H3,(H,16,18). The van der Waals surface area contributed by atoms with Crippen LogP contribution >= 0.6 is 0 Å². The number of nitrogens with one attached hydrogen (secondary N) is 2. The molecule has 0 aliphatic carbocycles. The van der Waals surface area contributed by atoms with Gasteiger partial charge in [-0.25, -0.2) is 0 Å². The first-order valence-corrected chi connectivity index (χ1v) is 6.68. The van der Waals surface area contributed by atoms with Gasteiger partial charge in [-0.2, -0.15) is 0 Å². The largest absolute Gasteiger partial charge is 0.493 e. The number of hydrogen-bond acceptors (Lipinski definition) is 4. The third-order valence-electron chi connectivity index (χ3n) is 3.03. The van der Waals surface area contributed by atoms with Crippen LogP contribution in [-0.2, 0) is 4.79 Å². The molecule has 5 nitrogen and oxygen atoms in total. The highest BCUT2D eigenvalue weighted by atomic mass is 16.5. The number of fused-ring (bicyclic) bond motifs is 1. The van der Waals surface area contributed by atoms with E-state index >= 15 is 0 Å². The highest BCUT2D eigenvalue weighted by molar-refractivity contribution is 6.02. The van der Waals surface area contributed by atoms with Crippen LogP contribution in [0.5, 0.6) is 5.75 Å². The van der Waals surface area contributed by atoms with Gasteiger partial charge in [0.1, 0.15) is 11.8 Å². The molecule has 104 valence electrons. The monoisotopic (exact) mass is 264 g/mol. The van der Waals surface area contributed by atoms with Crippen LogP contribution in [0.2, 0.25) is 0 Å². The van der Waals surface area contributed by atoms with Crippen molar-refractivity contribution >= 4 is 11.6 Å². The summed E-state index contributed by atoms with van der Waals surface area (Å²) in [6.45, 7) is 3.47. The van der Waals surface area contributed by atoms with Crippen molar-refractivity contribution in [1.29, 1.82) is 0 Å². The number of anilines is 1. The fourth-order valence-electron chi connectivity index (χ4n) is 2.08. The van der Waals surface area contributed by atoms with Crippen LogP contribution in [0.4, 0.5) is 5.69 Å². The van der Waals surface area contributed by atoms with Gasteiger partial charge in [0, 0.05) is 30.3 Å². The molecule has 0 radical (unpaired) electrons. The number of aliphatic hydroxyl groups is 1. The Morgan fingerprint density at radius 1 is 1.47 bits per heavy atom. The lowest BCUT2D eigenvalue weighted by molar-refractivity contribution is -0.117. The number of benzene rings is 1. The second-order valence-corrected chi connectivity index (χ2v) is 4.55. The minimum Gasteiger partial charge on any atom is -0.493 e. The van der Waals surface area contributed by atoms with Crippen molar-refractivity contribution < 1.29 is 14.6 Å². The molecule has 0 fully saturated rings. The quantitative estimate of drug-likeness (QED) is 0.652. The topological polar surface area (TPSA) is 70.6 Å². The maximum Gasteiger partial charge on any atom is 0.246 e. The molecule has 2 rings (SSSR count). The molecule has 0 bridgehead atoms. The highest BCUT2D eigenvalue weighted by Gasteiger charge is 2.29. The van der Waals surface area contributed by atoms with Crippen molar-refractivity contribution in [1.82, 2.24) is 5.32 Å². The molecule has 19 heavy (non-hydrogen) atoms. The van der Waals surface area contributed by atoms with Crippen LogP contribution in [0.15, 0.2) is 18.2 Å². The average molecular weight is 264 g/mol. The van der Waals surface area contributed by atoms with Gasteiger partial charge in [0.15, 0.2) is 0 Å². The zero-order chi connectivity index (χ0) is 13.7. The Labute approximate surface area is 113 Å². The number of aliphatic hydroxyl groups excluding tert-OH is 1. The summed E-state index contributed by atoms with van der Waals surface area (Å²) in [5, 5.41) is 14.8. The van der Waals surface area contributed by atoms with E-state index in [2.05, 4.69) is 17.6 Å². The van der Waals surface area contributed by atoms with Crippen LogP contribution in [-0.4, -0.2) is 30.8 Å². The van der Waals surface area contributed by atoms with Crippen molar-refractivity contribution in [3.63, 3.8) is 0 Å². The number of carbonyl (C=O) groups is 1. The minimum atomic E-state index is -0.263. The lowest BCUT2D eigenvalue weighted by atomic mass is 10.1. The van der Waals surface area contributed by atoms with Crippen LogP contribution in [0.25, 0.3) is 0 Å². The predicted octanol–water partition coefficient (Wildman–Crippen LogP) is 1.44. The average Bonchev–Trinajstić information content (AvgIpc) is 2.71. The van der Waals surface area contributed by atoms with Crippen molar-refractivity contribution in [3.05, 3.63) is 23.8 Å². The van der Waals surface area contributed by atoms with Gasteiger partial charge in [-0.3, -0.25) is 4.79 Å². The van der Waals surface area contributed by atoms with Gasteiger partial charge in [-0.05, 0) is 19.0 Å². The number of rotatable bonds is 7. The Kier molecular flexibility index (Phi) is 4.76. The van der Waals surface area contributed by atoms with Gasteiger partial charge in [-0.15, -0.1) is 0 Å². The molecule has 1 aromatic rings. The molecule has 3 N–H and O–H groups in total. The molecule has 0 saturated heterocycles. The zero-order valence-electron chi connectivity index (χ0n) is 11.1. The third-order valence-corrected chi connectivity index (χ3v) is 3.03. The van der Waals surface area contributed by atoms with Gasteiger partial charge in [-0.1, -0.05) is 13.0 Å². The highest BCUT2D eigenvalue weighted by Crippen LogP contribution is 2.33. The summed E-state index contributed by atoms with van der Waals surface area (Å²) in [6.07, 6.45) is 1.59. The maximum absolute atomic E-state index is 11.9. The Morgan fingerprint density at radius 2 is 2.32 bits per heavy atom. The molecule has 0 saturated carbocycles. The Balaban J connectivity index is 2.06. The molecular weight excluding hydrogens is 244 g/mol. The number of amides is 1. The van der Waals surface area contributed by atoms with Crippen molar-refractivity contribution in [2.45, 2.75) is 25.8 Å². The molecule has 1 heterocycles. The summed E-state index contributed by atoms with van der Waals surface area (Å²) in [5.41, 5.74) is 1.77. The summed E-state index contributed by atoms with van der Waals surface area (Å²) in [5.74, 6) is 0.694. The second kappa shape index (κ2) is 6.54. The first-order chi connectivity index (χ1) is 9.26. The molecule has 0 spiro atoms. The van der Waals surface area contributed by atoms with E-state index in [0.717, 1.165) is 24.2 Å². The molecule has 0 aromatic heterocycles. The lowest BCUT2D eigenvalue weighted by Crippen LogP contribution is -2.27. The van der Waals surface area contributed by atoms with E-state index < -0.39 is 0 Å². The fraction of sp³-hybridized carbons (Fsp3) is 0.500. The minimum absolute atomic E-state index is 0.0176. The SMILES string of the molecule is CCCNC1C(=O)Nc2cc(OCCCO)ccc21. The van der Waals surface area contributed by atoms with Crippen molar-refractivity contribution in [3.8, 4) is 5.75 Å². The molecule has 1 amide bonds. The first-order valence-electron chi connectivity index (χ1n) is 6.68. The van der Waals surface area contributed by atoms with Crippen LogP contribution in [0, 0.1) is 0 Å². The Hall–Kier alpha value is -1.59. The fourth-order valence-corrected chi connectivity index (χ4v) is 2.08. The van der Waals surface area contributed by atoms with Crippen LogP contribution in [0.1, 0.15) is 31.4 Å². The molecule has 1 aromatic carbocycles. The smallest absolute Gasteiger partial charge is 0.246 e. The zero-order valence-corrected chi connectivity index (χ0v) is 11.1. The number of hydrogen-bond donors (Lipinski definition) is 3. The molecule has 1 atom stereocenters. The van der Waals surface area contributed by atoms with Crippen molar-refractivity contribution in [2.24, 2.45) is 0 Å². The number of carbonyl (C=O) groups excluding carboxylic acids is 1. The van der Waals surface area contributed by atoms with E-state index in [-0.39, 0.29) is 18.6 Å². The van der Waals surface area contributed by atoms with Crippen LogP contribution in [0.3, 0.4) is 0 Å². The van der Waals surface area contributed by atoms with Crippen molar-refractivity contribution in [2.75, 3.05) is 25.1 Å². The Bertz CT molecular complexity index is 448. The predicted molar refractivity (Wildman–Crippen MR) is 73.3 cm³/mol. The van der Waals surface area contributed by atoms with E-state index in [9.17, 15) is 4.79 Å². The van der Waals surface area contributed by atoms with E-state index in [1.165, 1.54) is 0 Å². The third kappa shape index (κ3) is 3.24. The van der Waals surface area contributed by atoms with E-state index in [0.29, 0.717) is 18.8 Å². The lowest BCUT2D eigenvalue weighted by Gasteiger charge is -2.11. The molecule has 1 aliphatic heterocycles. The number of ether oxygens (including phenoxy) is 1. The molecule has 1 unspecified atom stereocenters. The maximum atomic E-state index is 11.9. The molecule has 1 aliphatic rings. The Morgan fingerprint density at radius 3 is 3.05 bits per heavy atom. The summed E-state index contributed by atoms with van der Waals surface area (Å²) < 4.78 is 5.49. The van der Waals surface area contributed by atoms with Crippen LogP contribution < -0.4 is 15.4 Å². The second-order valence-electron chi connectivity index (χ2n) is 4.55. The molecule has 5 heteroatoms. The summed E-state index contributed by atoms with van der Waals surface area (Å²) >= 11 is 0. The van der Waals surface area contributed by atoms with Gasteiger partial charge >= 0.3 is 0 Å². The summed E-state index contributed by atoms with van der Waals surface area (Å²) in [7, 11) is 0. The van der Waals surface area contributed by atoms with E-state index in [4.69, 9.17) is 9.84 Å². The van der Waals surface area contributed by atoms with Gasteiger partial charge in [0.25, 0.3) is 0 Å². The van der Waals surface area contributed by atoms with Gasteiger partial charge in [0.2, 0.25) is 5.91 Å². The van der Waals surface area contributed by atoms with E-state index in [1.807, 2.05) is 18.2 Å². The van der Waals surface area contributed by atoms with Gasteiger partial charge in [0.05, 0.1) is 6.61 Å². The van der Waals surface area contributed by atoms with Gasteiger partial charge < -0.3 is 20.5 Å². The summed E-state index contributed by atoms with van der Waals surface area (Å²) in [4.78, 5) is 11.9. The first kappa shape index (κ1) is 13.8. The summed E-state index contributed by atoms with van der Waals surface area (Å²) in [6, 6.07) is 5.34. The normalized spacial score (nSPS) is 17.2.